The molecule has 2 heterocycles. The van der Waals surface area contributed by atoms with E-state index in [1.807, 2.05) is 43.3 Å². The molecule has 1 aromatic heterocycles. The molecule has 3 rings (SSSR count). The van der Waals surface area contributed by atoms with Crippen LogP contribution in [0.15, 0.2) is 36.4 Å². The average Bonchev–Trinajstić information content (AvgIpc) is 2.65. The molecule has 0 unspecified atom stereocenters. The number of methoxy groups -OCH3 is 2. The number of nitrogens with one attached hydrogen (secondary N) is 2. The largest absolute Gasteiger partial charge is 0.497 e. The second-order valence-electron chi connectivity index (χ2n) is 6.41. The number of pyridine rings is 1. The number of carbonyl (C=O) groups excluding carboxylic acids is 1. The van der Waals surface area contributed by atoms with E-state index in [0.717, 1.165) is 5.56 Å². The van der Waals surface area contributed by atoms with Crippen LogP contribution in [0.1, 0.15) is 19.0 Å². The van der Waals surface area contributed by atoms with Gasteiger partial charge in [-0.1, -0.05) is 6.07 Å². The third-order valence-corrected chi connectivity index (χ3v) is 4.61. The first-order chi connectivity index (χ1) is 12.4. The maximum atomic E-state index is 12.2. The van der Waals surface area contributed by atoms with Crippen molar-refractivity contribution < 1.29 is 14.3 Å². The van der Waals surface area contributed by atoms with Crippen LogP contribution in [0.5, 0.6) is 11.5 Å². The van der Waals surface area contributed by atoms with Crippen LogP contribution < -0.4 is 14.8 Å². The summed E-state index contributed by atoms with van der Waals surface area (Å²) < 4.78 is 10.8. The first-order valence-corrected chi connectivity index (χ1v) is 8.21. The van der Waals surface area contributed by atoms with Crippen molar-refractivity contribution in [3.63, 3.8) is 0 Å². The van der Waals surface area contributed by atoms with Gasteiger partial charge in [0.1, 0.15) is 11.5 Å². The first kappa shape index (κ1) is 17.7. The molecule has 26 heavy (non-hydrogen) atoms. The van der Waals surface area contributed by atoms with Gasteiger partial charge in [0.15, 0.2) is 5.96 Å². The molecule has 0 saturated carbocycles. The highest BCUT2D eigenvalue weighted by Crippen LogP contribution is 2.34. The molecule has 2 N–H and O–H groups in total. The van der Waals surface area contributed by atoms with E-state index >= 15 is 0 Å². The van der Waals surface area contributed by atoms with Gasteiger partial charge in [-0.3, -0.25) is 20.1 Å². The van der Waals surface area contributed by atoms with Crippen molar-refractivity contribution in [2.24, 2.45) is 0 Å². The van der Waals surface area contributed by atoms with Crippen molar-refractivity contribution in [2.45, 2.75) is 18.9 Å². The van der Waals surface area contributed by atoms with Crippen molar-refractivity contribution in [3.8, 4) is 22.8 Å². The fraction of sp³-hybridized carbons (Fsp3) is 0.316. The number of hydrogen-bond acceptors (Lipinski definition) is 5. The average molecular weight is 354 g/mol. The summed E-state index contributed by atoms with van der Waals surface area (Å²) in [7, 11) is 4.80. The molecule has 0 bridgehead atoms. The lowest BCUT2D eigenvalue weighted by Gasteiger charge is -2.38. The summed E-state index contributed by atoms with van der Waals surface area (Å²) in [5.74, 6) is 1.33. The maximum absolute atomic E-state index is 12.2. The minimum atomic E-state index is -0.747. The molecular weight excluding hydrogens is 332 g/mol. The zero-order valence-corrected chi connectivity index (χ0v) is 15.3. The molecule has 7 heteroatoms. The lowest BCUT2D eigenvalue weighted by molar-refractivity contribution is -0.129. The Morgan fingerprint density at radius 1 is 1.23 bits per heavy atom. The number of guanidine groups is 1. The van der Waals surface area contributed by atoms with Crippen LogP contribution in [-0.2, 0) is 10.3 Å². The second-order valence-corrected chi connectivity index (χ2v) is 6.41. The molecule has 1 aliphatic heterocycles. The zero-order chi connectivity index (χ0) is 18.9. The van der Waals surface area contributed by atoms with Crippen LogP contribution >= 0.6 is 0 Å². The number of nitrogens with zero attached hydrogens (tertiary/aromatic N) is 2. The Bertz CT molecular complexity index is 848. The van der Waals surface area contributed by atoms with Crippen LogP contribution in [0.4, 0.5) is 0 Å². The summed E-state index contributed by atoms with van der Waals surface area (Å²) in [5.41, 5.74) is 1.44. The minimum absolute atomic E-state index is 0.0647. The number of carbonyl (C=O) groups is 1. The van der Waals surface area contributed by atoms with Crippen LogP contribution in [0.2, 0.25) is 0 Å². The third kappa shape index (κ3) is 3.08. The predicted molar refractivity (Wildman–Crippen MR) is 98.4 cm³/mol. The number of amides is 1. The summed E-state index contributed by atoms with van der Waals surface area (Å²) >= 11 is 0. The fourth-order valence-electron chi connectivity index (χ4n) is 3.00. The summed E-state index contributed by atoms with van der Waals surface area (Å²) in [5, 5.41) is 11.1. The van der Waals surface area contributed by atoms with Gasteiger partial charge in [0, 0.05) is 12.6 Å². The molecule has 1 aliphatic rings. The topological polar surface area (TPSA) is 87.5 Å². The zero-order valence-electron chi connectivity index (χ0n) is 15.3. The van der Waals surface area contributed by atoms with E-state index in [4.69, 9.17) is 19.9 Å². The molecule has 1 fully saturated rings. The minimum Gasteiger partial charge on any atom is -0.497 e. The van der Waals surface area contributed by atoms with Gasteiger partial charge in [0.05, 0.1) is 37.6 Å². The molecule has 0 aliphatic carbocycles. The summed E-state index contributed by atoms with van der Waals surface area (Å²) in [6.07, 6.45) is 0.220. The van der Waals surface area contributed by atoms with Crippen LogP contribution in [0.25, 0.3) is 11.3 Å². The molecule has 1 aromatic carbocycles. The Hall–Kier alpha value is -3.09. The van der Waals surface area contributed by atoms with Crippen molar-refractivity contribution in [2.75, 3.05) is 21.3 Å². The van der Waals surface area contributed by atoms with E-state index in [-0.39, 0.29) is 18.3 Å². The molecule has 1 saturated heterocycles. The lowest BCUT2D eigenvalue weighted by Crippen LogP contribution is -2.58. The van der Waals surface area contributed by atoms with E-state index in [1.54, 1.807) is 21.3 Å². The molecule has 1 atom stereocenters. The lowest BCUT2D eigenvalue weighted by atomic mass is 9.90. The fourth-order valence-corrected chi connectivity index (χ4v) is 3.00. The molecule has 7 nitrogen and oxygen atoms in total. The van der Waals surface area contributed by atoms with Gasteiger partial charge in [-0.25, -0.2) is 0 Å². The van der Waals surface area contributed by atoms with Crippen molar-refractivity contribution in [3.05, 3.63) is 42.1 Å². The standard InChI is InChI=1S/C19H22N4O3/c1-19(11-17(24)23(2)18(20)22-19)16-7-5-6-14(21-16)13-10-12(25-3)8-9-15(13)26-4/h5-10H,11H2,1-4H3,(H2,20,22)/t19-/m0/s1. The number of hydrogen-bond donors (Lipinski definition) is 2. The third-order valence-electron chi connectivity index (χ3n) is 4.61. The highest BCUT2D eigenvalue weighted by atomic mass is 16.5. The van der Waals surface area contributed by atoms with Gasteiger partial charge in [0.25, 0.3) is 0 Å². The summed E-state index contributed by atoms with van der Waals surface area (Å²) in [6, 6.07) is 11.1. The SMILES string of the molecule is COc1ccc(OC)c(-c2cccc([C@]3(C)CC(=O)N(C)C(=N)N3)n2)c1. The Balaban J connectivity index is 2.04. The van der Waals surface area contributed by atoms with E-state index in [0.29, 0.717) is 22.9 Å². The Morgan fingerprint density at radius 2 is 2.00 bits per heavy atom. The van der Waals surface area contributed by atoms with E-state index < -0.39 is 5.54 Å². The monoisotopic (exact) mass is 354 g/mol. The highest BCUT2D eigenvalue weighted by Gasteiger charge is 2.39. The second kappa shape index (κ2) is 6.67. The normalized spacial score (nSPS) is 19.9. The number of benzene rings is 1. The van der Waals surface area contributed by atoms with Crippen LogP contribution in [0, 0.1) is 5.41 Å². The maximum Gasteiger partial charge on any atom is 0.231 e. The van der Waals surface area contributed by atoms with E-state index in [9.17, 15) is 4.79 Å². The Labute approximate surface area is 152 Å². The van der Waals surface area contributed by atoms with Gasteiger partial charge < -0.3 is 14.8 Å². The number of ether oxygens (including phenoxy) is 2. The molecule has 0 radical (unpaired) electrons. The molecule has 2 aromatic rings. The van der Waals surface area contributed by atoms with Crippen molar-refractivity contribution in [1.29, 1.82) is 5.41 Å². The summed E-state index contributed by atoms with van der Waals surface area (Å²) in [4.78, 5) is 18.3. The molecular formula is C19H22N4O3. The van der Waals surface area contributed by atoms with Crippen molar-refractivity contribution >= 4 is 11.9 Å². The molecule has 1 amide bonds. The smallest absolute Gasteiger partial charge is 0.231 e. The Morgan fingerprint density at radius 3 is 2.65 bits per heavy atom. The molecule has 0 spiro atoms. The predicted octanol–water partition coefficient (Wildman–Crippen LogP) is 2.37. The van der Waals surface area contributed by atoms with Gasteiger partial charge >= 0.3 is 0 Å². The van der Waals surface area contributed by atoms with Crippen LogP contribution in [0.3, 0.4) is 0 Å². The molecule has 136 valence electrons. The van der Waals surface area contributed by atoms with E-state index in [1.165, 1.54) is 4.90 Å². The van der Waals surface area contributed by atoms with Crippen molar-refractivity contribution in [1.82, 2.24) is 15.2 Å². The van der Waals surface area contributed by atoms with Gasteiger partial charge in [-0.05, 0) is 37.3 Å². The van der Waals surface area contributed by atoms with E-state index in [2.05, 4.69) is 5.32 Å². The number of aromatic nitrogens is 1. The summed E-state index contributed by atoms with van der Waals surface area (Å²) in [6.45, 7) is 1.88. The van der Waals surface area contributed by atoms with Gasteiger partial charge in [-0.2, -0.15) is 0 Å². The van der Waals surface area contributed by atoms with Gasteiger partial charge in [0.2, 0.25) is 5.91 Å². The van der Waals surface area contributed by atoms with Crippen LogP contribution in [-0.4, -0.2) is 43.0 Å². The number of rotatable bonds is 4. The quantitative estimate of drug-likeness (QED) is 0.880. The Kier molecular flexibility index (Phi) is 4.54. The first-order valence-electron chi connectivity index (χ1n) is 8.21. The van der Waals surface area contributed by atoms with Gasteiger partial charge in [-0.15, -0.1) is 0 Å². The highest BCUT2D eigenvalue weighted by molar-refractivity contribution is 5.98.